The van der Waals surface area contributed by atoms with E-state index in [0.717, 1.165) is 16.7 Å². The van der Waals surface area contributed by atoms with Crippen LogP contribution in [0.1, 0.15) is 0 Å². The van der Waals surface area contributed by atoms with Gasteiger partial charge in [-0.3, -0.25) is 29.0 Å². The van der Waals surface area contributed by atoms with Crippen molar-refractivity contribution in [1.29, 1.82) is 0 Å². The molecule has 0 saturated carbocycles. The third-order valence-corrected chi connectivity index (χ3v) is 3.46. The Balaban J connectivity index is 1.81. The molecule has 3 aromatic rings. The van der Waals surface area contributed by atoms with Crippen molar-refractivity contribution in [3.05, 3.63) is 57.0 Å². The monoisotopic (exact) mass is 346 g/mol. The van der Waals surface area contributed by atoms with Crippen LogP contribution in [0.15, 0.2) is 35.5 Å². The van der Waals surface area contributed by atoms with Crippen LogP contribution in [0, 0.1) is 15.9 Å². The van der Waals surface area contributed by atoms with Gasteiger partial charge in [-0.25, -0.2) is 4.98 Å². The standard InChI is InChI=1S/C14H11FN6O4/c1-19-13-9(5-17-19)14(23)20(7-16-13)6-12(22)18-8-2-3-10(15)11(4-8)21(24)25/h2-5,7H,6H2,1H3,(H,18,22). The van der Waals surface area contributed by atoms with Crippen LogP contribution in [0.25, 0.3) is 11.0 Å². The highest BCUT2D eigenvalue weighted by Gasteiger charge is 2.16. The fraction of sp³-hybridized carbons (Fsp3) is 0.143. The van der Waals surface area contributed by atoms with Crippen LogP contribution in [-0.2, 0) is 18.4 Å². The molecule has 0 radical (unpaired) electrons. The molecule has 3 rings (SSSR count). The fourth-order valence-electron chi connectivity index (χ4n) is 2.26. The van der Waals surface area contributed by atoms with Crippen LogP contribution in [0.2, 0.25) is 0 Å². The summed E-state index contributed by atoms with van der Waals surface area (Å²) in [6.45, 7) is -0.359. The topological polar surface area (TPSA) is 125 Å². The molecule has 0 bridgehead atoms. The second-order valence-electron chi connectivity index (χ2n) is 5.15. The first-order chi connectivity index (χ1) is 11.9. The quantitative estimate of drug-likeness (QED) is 0.551. The lowest BCUT2D eigenvalue weighted by Crippen LogP contribution is -2.27. The molecule has 0 spiro atoms. The predicted octanol–water partition coefficient (Wildman–Crippen LogP) is 0.816. The van der Waals surface area contributed by atoms with Gasteiger partial charge in [0.2, 0.25) is 11.7 Å². The van der Waals surface area contributed by atoms with E-state index < -0.39 is 27.9 Å². The number of anilines is 1. The Hall–Kier alpha value is -3.63. The van der Waals surface area contributed by atoms with Gasteiger partial charge in [-0.15, -0.1) is 0 Å². The van der Waals surface area contributed by atoms with E-state index >= 15 is 0 Å². The summed E-state index contributed by atoms with van der Waals surface area (Å²) in [5.74, 6) is -1.63. The van der Waals surface area contributed by atoms with Crippen LogP contribution in [-0.4, -0.2) is 30.2 Å². The number of aryl methyl sites for hydroxylation is 1. The number of hydrogen-bond donors (Lipinski definition) is 1. The van der Waals surface area contributed by atoms with Crippen molar-refractivity contribution < 1.29 is 14.1 Å². The maximum absolute atomic E-state index is 13.3. The Morgan fingerprint density at radius 2 is 2.20 bits per heavy atom. The van der Waals surface area contributed by atoms with E-state index in [1.54, 1.807) is 7.05 Å². The molecule has 1 amide bonds. The second-order valence-corrected chi connectivity index (χ2v) is 5.15. The van der Waals surface area contributed by atoms with Crippen LogP contribution in [0.4, 0.5) is 15.8 Å². The Kier molecular flexibility index (Phi) is 3.97. The minimum absolute atomic E-state index is 0.0431. The molecule has 0 fully saturated rings. The average Bonchev–Trinajstić information content (AvgIpc) is 2.93. The van der Waals surface area contributed by atoms with Crippen LogP contribution in [0.5, 0.6) is 0 Å². The molecule has 128 valence electrons. The molecule has 0 unspecified atom stereocenters. The number of hydrogen-bond acceptors (Lipinski definition) is 6. The number of halogens is 1. The summed E-state index contributed by atoms with van der Waals surface area (Å²) in [5, 5.41) is 17.3. The highest BCUT2D eigenvalue weighted by atomic mass is 19.1. The largest absolute Gasteiger partial charge is 0.324 e. The minimum atomic E-state index is -1.01. The Labute approximate surface area is 138 Å². The first-order valence-electron chi connectivity index (χ1n) is 6.98. The summed E-state index contributed by atoms with van der Waals surface area (Å²) in [6, 6.07) is 2.97. The van der Waals surface area contributed by atoms with Gasteiger partial charge >= 0.3 is 5.69 Å². The van der Waals surface area contributed by atoms with Gasteiger partial charge in [0.05, 0.1) is 11.1 Å². The van der Waals surface area contributed by atoms with E-state index in [2.05, 4.69) is 15.4 Å². The maximum atomic E-state index is 13.3. The Bertz CT molecular complexity index is 1060. The van der Waals surface area contributed by atoms with Gasteiger partial charge in [-0.2, -0.15) is 9.49 Å². The summed E-state index contributed by atoms with van der Waals surface area (Å²) < 4.78 is 15.8. The third-order valence-electron chi connectivity index (χ3n) is 3.46. The summed E-state index contributed by atoms with van der Waals surface area (Å²) in [6.07, 6.45) is 2.56. The third kappa shape index (κ3) is 3.06. The molecule has 11 heteroatoms. The first kappa shape index (κ1) is 16.2. The number of amides is 1. The first-order valence-corrected chi connectivity index (χ1v) is 6.98. The molecule has 0 aliphatic rings. The zero-order valence-electron chi connectivity index (χ0n) is 12.8. The highest BCUT2D eigenvalue weighted by molar-refractivity contribution is 5.91. The van der Waals surface area contributed by atoms with Gasteiger partial charge in [-0.05, 0) is 12.1 Å². The van der Waals surface area contributed by atoms with Gasteiger partial charge in [0.1, 0.15) is 18.3 Å². The number of nitrogens with zero attached hydrogens (tertiary/aromatic N) is 5. The van der Waals surface area contributed by atoms with E-state index in [1.165, 1.54) is 23.3 Å². The van der Waals surface area contributed by atoms with Crippen molar-refractivity contribution in [2.24, 2.45) is 7.05 Å². The van der Waals surface area contributed by atoms with Crippen molar-refractivity contribution in [3.8, 4) is 0 Å². The van der Waals surface area contributed by atoms with Crippen molar-refractivity contribution in [2.75, 3.05) is 5.32 Å². The molecule has 25 heavy (non-hydrogen) atoms. The normalized spacial score (nSPS) is 10.8. The summed E-state index contributed by atoms with van der Waals surface area (Å²) in [5.41, 5.74) is -0.774. The van der Waals surface area contributed by atoms with Crippen molar-refractivity contribution >= 4 is 28.3 Å². The van der Waals surface area contributed by atoms with E-state index in [0.29, 0.717) is 5.65 Å². The van der Waals surface area contributed by atoms with Crippen LogP contribution < -0.4 is 10.9 Å². The molecular formula is C14H11FN6O4. The number of aromatic nitrogens is 4. The SMILES string of the molecule is Cn1ncc2c(=O)n(CC(=O)Nc3ccc(F)c([N+](=O)[O-])c3)cnc21. The van der Waals surface area contributed by atoms with E-state index in [1.807, 2.05) is 0 Å². The smallest absolute Gasteiger partial charge is 0.306 e. The van der Waals surface area contributed by atoms with Crippen LogP contribution >= 0.6 is 0 Å². The molecule has 0 aliphatic carbocycles. The maximum Gasteiger partial charge on any atom is 0.306 e. The molecular weight excluding hydrogens is 335 g/mol. The predicted molar refractivity (Wildman–Crippen MR) is 84.5 cm³/mol. The van der Waals surface area contributed by atoms with Crippen molar-refractivity contribution in [3.63, 3.8) is 0 Å². The molecule has 0 saturated heterocycles. The van der Waals surface area contributed by atoms with Crippen molar-refractivity contribution in [1.82, 2.24) is 19.3 Å². The Morgan fingerprint density at radius 1 is 1.44 bits per heavy atom. The lowest BCUT2D eigenvalue weighted by Gasteiger charge is -2.07. The number of rotatable bonds is 4. The van der Waals surface area contributed by atoms with Gasteiger partial charge < -0.3 is 5.32 Å². The number of carbonyl (C=O) groups is 1. The lowest BCUT2D eigenvalue weighted by molar-refractivity contribution is -0.387. The lowest BCUT2D eigenvalue weighted by atomic mass is 10.2. The number of nitrogens with one attached hydrogen (secondary N) is 1. The van der Waals surface area contributed by atoms with Gasteiger partial charge in [0.25, 0.3) is 5.56 Å². The number of nitro groups is 1. The fourth-order valence-corrected chi connectivity index (χ4v) is 2.26. The van der Waals surface area contributed by atoms with Gasteiger partial charge in [0, 0.05) is 18.8 Å². The number of benzene rings is 1. The molecule has 0 aliphatic heterocycles. The van der Waals surface area contributed by atoms with Crippen molar-refractivity contribution in [2.45, 2.75) is 6.54 Å². The molecule has 0 atom stereocenters. The average molecular weight is 346 g/mol. The second kappa shape index (κ2) is 6.11. The van der Waals surface area contributed by atoms with Gasteiger partial charge in [0.15, 0.2) is 5.65 Å². The Morgan fingerprint density at radius 3 is 2.92 bits per heavy atom. The highest BCUT2D eigenvalue weighted by Crippen LogP contribution is 2.21. The van der Waals surface area contributed by atoms with Gasteiger partial charge in [-0.1, -0.05) is 0 Å². The number of carbonyl (C=O) groups excluding carboxylic acids is 1. The van der Waals surface area contributed by atoms with E-state index in [-0.39, 0.29) is 17.6 Å². The summed E-state index contributed by atoms with van der Waals surface area (Å²) in [4.78, 5) is 38.2. The number of nitro benzene ring substituents is 1. The minimum Gasteiger partial charge on any atom is -0.324 e. The molecule has 2 aromatic heterocycles. The molecule has 10 nitrogen and oxygen atoms in total. The zero-order valence-corrected chi connectivity index (χ0v) is 12.8. The van der Waals surface area contributed by atoms with E-state index in [9.17, 15) is 24.1 Å². The summed E-state index contributed by atoms with van der Waals surface area (Å²) >= 11 is 0. The molecule has 1 N–H and O–H groups in total. The van der Waals surface area contributed by atoms with E-state index in [4.69, 9.17) is 0 Å². The van der Waals surface area contributed by atoms with Crippen LogP contribution in [0.3, 0.4) is 0 Å². The molecule has 1 aromatic carbocycles. The summed E-state index contributed by atoms with van der Waals surface area (Å²) in [7, 11) is 1.63. The zero-order chi connectivity index (χ0) is 18.1. The number of fused-ring (bicyclic) bond motifs is 1. The molecule has 2 heterocycles.